The Morgan fingerprint density at radius 1 is 1.38 bits per heavy atom. The monoisotopic (exact) mass is 299 g/mol. The van der Waals surface area contributed by atoms with Gasteiger partial charge in [0.15, 0.2) is 5.82 Å². The van der Waals surface area contributed by atoms with Crippen molar-refractivity contribution in [3.05, 3.63) is 41.9 Å². The molecule has 5 nitrogen and oxygen atoms in total. The van der Waals surface area contributed by atoms with Crippen LogP contribution in [0.5, 0.6) is 0 Å². The third kappa shape index (κ3) is 3.59. The number of hydrogen-bond donors (Lipinski definition) is 0. The molecule has 0 unspecified atom stereocenters. The van der Waals surface area contributed by atoms with E-state index in [1.165, 1.54) is 12.3 Å². The molecule has 0 aliphatic carbocycles. The predicted molar refractivity (Wildman–Crippen MR) is 67.1 cm³/mol. The fraction of sp³-hybridized carbons (Fsp3) is 0.308. The molecule has 2 rings (SSSR count). The van der Waals surface area contributed by atoms with E-state index in [1.807, 2.05) is 0 Å². The molecule has 2 aromatic rings. The maximum absolute atomic E-state index is 12.7. The second kappa shape index (κ2) is 5.94. The molecular weight excluding hydrogens is 287 g/mol. The Balaban J connectivity index is 2.49. The van der Waals surface area contributed by atoms with Crippen molar-refractivity contribution < 1.29 is 22.7 Å². The van der Waals surface area contributed by atoms with Crippen molar-refractivity contribution in [3.63, 3.8) is 0 Å². The highest BCUT2D eigenvalue weighted by Crippen LogP contribution is 2.25. The van der Waals surface area contributed by atoms with E-state index in [2.05, 4.69) is 10.1 Å². The number of rotatable bonds is 4. The number of carbonyl (C=O) groups is 1. The van der Waals surface area contributed by atoms with E-state index in [0.29, 0.717) is 0 Å². The van der Waals surface area contributed by atoms with Crippen molar-refractivity contribution in [2.45, 2.75) is 19.5 Å². The Kier molecular flexibility index (Phi) is 4.25. The Morgan fingerprint density at radius 3 is 2.71 bits per heavy atom. The minimum Gasteiger partial charge on any atom is -0.462 e. The average molecular weight is 299 g/mol. The molecule has 0 saturated carbocycles. The van der Waals surface area contributed by atoms with Crippen molar-refractivity contribution in [3.8, 4) is 5.82 Å². The topological polar surface area (TPSA) is 57.0 Å². The molecule has 0 bridgehead atoms. The largest absolute Gasteiger partial charge is 0.462 e. The van der Waals surface area contributed by atoms with E-state index in [4.69, 9.17) is 4.74 Å². The number of pyridine rings is 1. The lowest BCUT2D eigenvalue weighted by Gasteiger charge is -2.11. The molecule has 0 atom stereocenters. The van der Waals surface area contributed by atoms with E-state index in [9.17, 15) is 18.0 Å². The lowest BCUT2D eigenvalue weighted by Crippen LogP contribution is -2.19. The second-order valence-corrected chi connectivity index (χ2v) is 4.12. The van der Waals surface area contributed by atoms with Crippen LogP contribution in [-0.2, 0) is 11.2 Å². The Labute approximate surface area is 118 Å². The van der Waals surface area contributed by atoms with Crippen LogP contribution in [0.1, 0.15) is 23.0 Å². The van der Waals surface area contributed by atoms with Crippen LogP contribution in [0.2, 0.25) is 0 Å². The summed E-state index contributed by atoms with van der Waals surface area (Å²) in [5.41, 5.74) is -0.500. The molecule has 112 valence electrons. The fourth-order valence-corrected chi connectivity index (χ4v) is 1.79. The molecule has 0 N–H and O–H groups in total. The predicted octanol–water partition coefficient (Wildman–Crippen LogP) is 2.55. The van der Waals surface area contributed by atoms with Crippen LogP contribution in [0.25, 0.3) is 5.82 Å². The van der Waals surface area contributed by atoms with Crippen LogP contribution in [0, 0.1) is 0 Å². The highest BCUT2D eigenvalue weighted by molar-refractivity contribution is 5.90. The van der Waals surface area contributed by atoms with Crippen LogP contribution in [-0.4, -0.2) is 33.5 Å². The second-order valence-electron chi connectivity index (χ2n) is 4.12. The van der Waals surface area contributed by atoms with Gasteiger partial charge in [0.1, 0.15) is 5.56 Å². The summed E-state index contributed by atoms with van der Waals surface area (Å²) in [7, 11) is 0. The zero-order valence-corrected chi connectivity index (χ0v) is 11.1. The molecule has 21 heavy (non-hydrogen) atoms. The van der Waals surface area contributed by atoms with E-state index in [0.717, 1.165) is 10.9 Å². The van der Waals surface area contributed by atoms with Gasteiger partial charge in [0, 0.05) is 6.20 Å². The van der Waals surface area contributed by atoms with Gasteiger partial charge in [-0.2, -0.15) is 18.3 Å². The number of halogens is 3. The van der Waals surface area contributed by atoms with Gasteiger partial charge in [-0.05, 0) is 19.1 Å². The van der Waals surface area contributed by atoms with E-state index < -0.39 is 18.6 Å². The summed E-state index contributed by atoms with van der Waals surface area (Å²) >= 11 is 0. The third-order valence-corrected chi connectivity index (χ3v) is 2.60. The van der Waals surface area contributed by atoms with Crippen molar-refractivity contribution in [1.82, 2.24) is 14.8 Å². The summed E-state index contributed by atoms with van der Waals surface area (Å²) in [6.45, 7) is 1.64. The normalized spacial score (nSPS) is 11.4. The molecule has 0 amide bonds. The summed E-state index contributed by atoms with van der Waals surface area (Å²) in [5, 5.41) is 3.83. The van der Waals surface area contributed by atoms with Crippen LogP contribution in [0.4, 0.5) is 13.2 Å². The summed E-state index contributed by atoms with van der Waals surface area (Å²) < 4.78 is 43.9. The molecular formula is C13H12F3N3O2. The number of alkyl halides is 3. The minimum absolute atomic E-state index is 0.0685. The number of aromatic nitrogens is 3. The number of carbonyl (C=O) groups excluding carboxylic acids is 1. The summed E-state index contributed by atoms with van der Waals surface area (Å²) in [4.78, 5) is 15.7. The number of esters is 1. The van der Waals surface area contributed by atoms with Crippen molar-refractivity contribution >= 4 is 5.97 Å². The number of hydrogen-bond acceptors (Lipinski definition) is 4. The summed E-state index contributed by atoms with van der Waals surface area (Å²) in [5.74, 6) is -0.633. The first kappa shape index (κ1) is 15.0. The molecule has 0 fully saturated rings. The maximum Gasteiger partial charge on any atom is 0.394 e. The van der Waals surface area contributed by atoms with Crippen molar-refractivity contribution in [1.29, 1.82) is 0 Å². The van der Waals surface area contributed by atoms with E-state index in [1.54, 1.807) is 19.1 Å². The van der Waals surface area contributed by atoms with Crippen molar-refractivity contribution in [2.75, 3.05) is 6.61 Å². The van der Waals surface area contributed by atoms with Gasteiger partial charge in [0.2, 0.25) is 0 Å². The first-order chi connectivity index (χ1) is 9.92. The first-order valence-corrected chi connectivity index (χ1v) is 6.14. The molecule has 2 heterocycles. The van der Waals surface area contributed by atoms with Gasteiger partial charge >= 0.3 is 12.1 Å². The smallest absolute Gasteiger partial charge is 0.394 e. The van der Waals surface area contributed by atoms with Gasteiger partial charge in [-0.1, -0.05) is 6.07 Å². The molecule has 0 aromatic carbocycles. The van der Waals surface area contributed by atoms with Gasteiger partial charge in [-0.25, -0.2) is 14.5 Å². The zero-order chi connectivity index (χ0) is 15.5. The van der Waals surface area contributed by atoms with Gasteiger partial charge in [0.25, 0.3) is 0 Å². The molecule has 8 heteroatoms. The molecule has 0 spiro atoms. The van der Waals surface area contributed by atoms with Crippen LogP contribution in [0.3, 0.4) is 0 Å². The highest BCUT2D eigenvalue weighted by Gasteiger charge is 2.33. The standard InChI is InChI=1S/C13H12F3N3O2/c1-2-21-12(20)9-8-18-19(10(9)7-13(14,15)16)11-5-3-4-6-17-11/h3-6,8H,2,7H2,1H3. The highest BCUT2D eigenvalue weighted by atomic mass is 19.4. The molecule has 0 radical (unpaired) electrons. The van der Waals surface area contributed by atoms with Gasteiger partial charge in [0.05, 0.1) is 24.9 Å². The molecule has 0 aliphatic heterocycles. The summed E-state index contributed by atoms with van der Waals surface area (Å²) in [6, 6.07) is 4.75. The average Bonchev–Trinajstić information content (AvgIpc) is 2.81. The van der Waals surface area contributed by atoms with Gasteiger partial charge < -0.3 is 4.74 Å². The van der Waals surface area contributed by atoms with Crippen LogP contribution >= 0.6 is 0 Å². The number of nitrogens with zero attached hydrogens (tertiary/aromatic N) is 3. The van der Waals surface area contributed by atoms with E-state index in [-0.39, 0.29) is 23.7 Å². The van der Waals surface area contributed by atoms with Crippen LogP contribution < -0.4 is 0 Å². The Bertz CT molecular complexity index is 623. The zero-order valence-electron chi connectivity index (χ0n) is 11.1. The quantitative estimate of drug-likeness (QED) is 0.814. The van der Waals surface area contributed by atoms with Crippen LogP contribution in [0.15, 0.2) is 30.6 Å². The fourth-order valence-electron chi connectivity index (χ4n) is 1.79. The van der Waals surface area contributed by atoms with Gasteiger partial charge in [-0.3, -0.25) is 0 Å². The molecule has 0 saturated heterocycles. The summed E-state index contributed by atoms with van der Waals surface area (Å²) in [6.07, 6.45) is -3.28. The molecule has 0 aliphatic rings. The third-order valence-electron chi connectivity index (χ3n) is 2.60. The van der Waals surface area contributed by atoms with Gasteiger partial charge in [-0.15, -0.1) is 0 Å². The Morgan fingerprint density at radius 2 is 2.14 bits per heavy atom. The molecule has 2 aromatic heterocycles. The van der Waals surface area contributed by atoms with Crippen molar-refractivity contribution in [2.24, 2.45) is 0 Å². The number of ether oxygens (including phenoxy) is 1. The maximum atomic E-state index is 12.7. The van der Waals surface area contributed by atoms with E-state index >= 15 is 0 Å². The lowest BCUT2D eigenvalue weighted by molar-refractivity contribution is -0.128. The minimum atomic E-state index is -4.48. The first-order valence-electron chi connectivity index (χ1n) is 6.14. The lowest BCUT2D eigenvalue weighted by atomic mass is 10.2. The Hall–Kier alpha value is -2.38. The SMILES string of the molecule is CCOC(=O)c1cnn(-c2ccccn2)c1CC(F)(F)F.